The molecule has 8 heteroatoms. The summed E-state index contributed by atoms with van der Waals surface area (Å²) >= 11 is 3.35. The zero-order valence-electron chi connectivity index (χ0n) is 15.5. The molecule has 0 atom stereocenters. The van der Waals surface area contributed by atoms with Crippen molar-refractivity contribution in [1.29, 1.82) is 0 Å². The summed E-state index contributed by atoms with van der Waals surface area (Å²) in [6, 6.07) is 17.3. The fraction of sp³-hybridized carbons (Fsp3) is 0. The van der Waals surface area contributed by atoms with Gasteiger partial charge in [-0.2, -0.15) is 0 Å². The number of hydrogen-bond donors (Lipinski definition) is 2. The first-order valence-corrected chi connectivity index (χ1v) is 9.70. The van der Waals surface area contributed by atoms with E-state index in [9.17, 15) is 9.59 Å². The monoisotopic (exact) mass is 462 g/mol. The van der Waals surface area contributed by atoms with Crippen LogP contribution in [0.15, 0.2) is 82.1 Å². The highest BCUT2D eigenvalue weighted by molar-refractivity contribution is 9.10. The highest BCUT2D eigenvalue weighted by Crippen LogP contribution is 2.39. The van der Waals surface area contributed by atoms with Gasteiger partial charge in [0, 0.05) is 39.1 Å². The molecule has 2 aromatic carbocycles. The van der Waals surface area contributed by atoms with E-state index in [4.69, 9.17) is 10.3 Å². The maximum absolute atomic E-state index is 12.8. The average Bonchev–Trinajstić information content (AvgIpc) is 3.17. The Morgan fingerprint density at radius 3 is 2.50 bits per heavy atom. The molecule has 0 saturated carbocycles. The minimum absolute atomic E-state index is 0.112. The van der Waals surface area contributed by atoms with Gasteiger partial charge < -0.3 is 10.3 Å². The summed E-state index contributed by atoms with van der Waals surface area (Å²) in [7, 11) is 0. The molecule has 4 rings (SSSR count). The second-order valence-corrected chi connectivity index (χ2v) is 7.26. The Morgan fingerprint density at radius 2 is 1.77 bits per heavy atom. The third-order valence-electron chi connectivity index (χ3n) is 4.42. The van der Waals surface area contributed by atoms with E-state index < -0.39 is 5.91 Å². The fourth-order valence-electron chi connectivity index (χ4n) is 3.05. The number of pyridine rings is 1. The summed E-state index contributed by atoms with van der Waals surface area (Å²) in [4.78, 5) is 28.8. The van der Waals surface area contributed by atoms with Gasteiger partial charge in [0.05, 0.1) is 5.56 Å². The molecule has 2 amide bonds. The van der Waals surface area contributed by atoms with Gasteiger partial charge in [0.25, 0.3) is 5.91 Å². The number of nitrogens with one attached hydrogen (secondary N) is 1. The van der Waals surface area contributed by atoms with E-state index >= 15 is 0 Å². The Morgan fingerprint density at radius 1 is 1.00 bits per heavy atom. The van der Waals surface area contributed by atoms with Crippen LogP contribution in [-0.4, -0.2) is 22.0 Å². The lowest BCUT2D eigenvalue weighted by molar-refractivity contribution is 0.0998. The molecule has 0 radical (unpaired) electrons. The number of amides is 2. The van der Waals surface area contributed by atoms with Crippen molar-refractivity contribution in [1.82, 2.24) is 10.1 Å². The Hall–Kier alpha value is -3.78. The van der Waals surface area contributed by atoms with E-state index in [1.165, 1.54) is 0 Å². The minimum Gasteiger partial charge on any atom is -0.366 e. The number of nitrogens with two attached hydrogens (primary N) is 1. The standard InChI is InChI=1S/C22H15BrN4O3/c23-15-5-3-4-14(12-15)21(29)26-22-18(16-6-1-2-7-17(16)20(24)28)19(27-30-22)13-8-10-25-11-9-13/h1-12H,(H2,24,28)(H,26,29). The Kier molecular flexibility index (Phi) is 5.40. The van der Waals surface area contributed by atoms with Gasteiger partial charge in [-0.15, -0.1) is 0 Å². The quantitative estimate of drug-likeness (QED) is 0.452. The predicted octanol–water partition coefficient (Wildman–Crippen LogP) is 4.52. The first-order chi connectivity index (χ1) is 14.5. The van der Waals surface area contributed by atoms with Gasteiger partial charge in [-0.25, -0.2) is 0 Å². The maximum atomic E-state index is 12.8. The largest absolute Gasteiger partial charge is 0.366 e. The first kappa shape index (κ1) is 19.5. The SMILES string of the molecule is NC(=O)c1ccccc1-c1c(-c2ccncc2)noc1NC(=O)c1cccc(Br)c1. The maximum Gasteiger partial charge on any atom is 0.258 e. The highest BCUT2D eigenvalue weighted by Gasteiger charge is 2.24. The van der Waals surface area contributed by atoms with Crippen molar-refractivity contribution in [3.05, 3.63) is 88.7 Å². The van der Waals surface area contributed by atoms with Gasteiger partial charge in [-0.1, -0.05) is 45.4 Å². The number of hydrogen-bond acceptors (Lipinski definition) is 5. The smallest absolute Gasteiger partial charge is 0.258 e. The number of carbonyl (C=O) groups is 2. The van der Waals surface area contributed by atoms with Crippen molar-refractivity contribution in [3.63, 3.8) is 0 Å². The van der Waals surface area contributed by atoms with E-state index in [1.54, 1.807) is 67.0 Å². The summed E-state index contributed by atoms with van der Waals surface area (Å²) in [5.41, 5.74) is 8.42. The lowest BCUT2D eigenvalue weighted by atomic mass is 9.96. The molecule has 0 bridgehead atoms. The Labute approximate surface area is 180 Å². The average molecular weight is 463 g/mol. The molecule has 0 aliphatic rings. The van der Waals surface area contributed by atoms with Crippen LogP contribution in [0.4, 0.5) is 5.88 Å². The lowest BCUT2D eigenvalue weighted by Crippen LogP contribution is -2.14. The number of nitrogens with zero attached hydrogens (tertiary/aromatic N) is 2. The molecule has 7 nitrogen and oxygen atoms in total. The molecule has 2 aromatic heterocycles. The van der Waals surface area contributed by atoms with E-state index in [1.807, 2.05) is 6.07 Å². The van der Waals surface area contributed by atoms with Crippen LogP contribution in [0.25, 0.3) is 22.4 Å². The van der Waals surface area contributed by atoms with Crippen LogP contribution in [0.1, 0.15) is 20.7 Å². The molecule has 0 spiro atoms. The summed E-state index contributed by atoms with van der Waals surface area (Å²) in [6.45, 7) is 0. The molecule has 0 aliphatic carbocycles. The van der Waals surface area contributed by atoms with E-state index in [0.29, 0.717) is 27.9 Å². The minimum atomic E-state index is -0.600. The first-order valence-electron chi connectivity index (χ1n) is 8.91. The van der Waals surface area contributed by atoms with Gasteiger partial charge in [-0.05, 0) is 36.4 Å². The van der Waals surface area contributed by atoms with Crippen LogP contribution in [0.3, 0.4) is 0 Å². The number of carbonyl (C=O) groups excluding carboxylic acids is 2. The molecule has 0 aliphatic heterocycles. The van der Waals surface area contributed by atoms with Crippen molar-refractivity contribution in [2.75, 3.05) is 5.32 Å². The number of primary amides is 1. The number of anilines is 1. The van der Waals surface area contributed by atoms with E-state index in [-0.39, 0.29) is 17.4 Å². The van der Waals surface area contributed by atoms with Crippen LogP contribution in [-0.2, 0) is 0 Å². The van der Waals surface area contributed by atoms with Crippen molar-refractivity contribution in [2.24, 2.45) is 5.73 Å². The summed E-state index contributed by atoms with van der Waals surface area (Å²) < 4.78 is 6.26. The Balaban J connectivity index is 1.85. The highest BCUT2D eigenvalue weighted by atomic mass is 79.9. The molecule has 0 saturated heterocycles. The van der Waals surface area contributed by atoms with Crippen molar-refractivity contribution in [3.8, 4) is 22.4 Å². The molecule has 3 N–H and O–H groups in total. The third-order valence-corrected chi connectivity index (χ3v) is 4.91. The Bertz CT molecular complexity index is 1240. The predicted molar refractivity (Wildman–Crippen MR) is 116 cm³/mol. The van der Waals surface area contributed by atoms with E-state index in [2.05, 4.69) is 31.4 Å². The number of halogens is 1. The normalized spacial score (nSPS) is 10.6. The number of aromatic nitrogens is 2. The molecule has 4 aromatic rings. The molecule has 0 unspecified atom stereocenters. The number of rotatable bonds is 5. The van der Waals surface area contributed by atoms with Crippen LogP contribution in [0.5, 0.6) is 0 Å². The third kappa shape index (κ3) is 3.85. The summed E-state index contributed by atoms with van der Waals surface area (Å²) in [6.07, 6.45) is 3.24. The number of benzene rings is 2. The second kappa shape index (κ2) is 8.30. The van der Waals surface area contributed by atoms with Gasteiger partial charge >= 0.3 is 0 Å². The van der Waals surface area contributed by atoms with Gasteiger partial charge in [0.1, 0.15) is 5.69 Å². The zero-order valence-corrected chi connectivity index (χ0v) is 17.1. The molecular formula is C22H15BrN4O3. The molecule has 0 fully saturated rings. The zero-order chi connectivity index (χ0) is 21.1. The molecule has 148 valence electrons. The molecule has 2 heterocycles. The molecular weight excluding hydrogens is 448 g/mol. The van der Waals surface area contributed by atoms with Crippen molar-refractivity contribution < 1.29 is 14.1 Å². The van der Waals surface area contributed by atoms with Crippen molar-refractivity contribution in [2.45, 2.75) is 0 Å². The summed E-state index contributed by atoms with van der Waals surface area (Å²) in [5.74, 6) is -0.872. The van der Waals surface area contributed by atoms with Crippen LogP contribution < -0.4 is 11.1 Å². The van der Waals surface area contributed by atoms with Crippen LogP contribution in [0, 0.1) is 0 Å². The van der Waals surface area contributed by atoms with Crippen LogP contribution in [0.2, 0.25) is 0 Å². The van der Waals surface area contributed by atoms with Gasteiger partial charge in [0.15, 0.2) is 0 Å². The summed E-state index contributed by atoms with van der Waals surface area (Å²) in [5, 5.41) is 6.90. The topological polar surface area (TPSA) is 111 Å². The van der Waals surface area contributed by atoms with Gasteiger partial charge in [0.2, 0.25) is 11.8 Å². The van der Waals surface area contributed by atoms with E-state index in [0.717, 1.165) is 4.47 Å². The van der Waals surface area contributed by atoms with Gasteiger partial charge in [-0.3, -0.25) is 19.9 Å². The van der Waals surface area contributed by atoms with Crippen molar-refractivity contribution >= 4 is 33.6 Å². The molecule has 30 heavy (non-hydrogen) atoms. The van der Waals surface area contributed by atoms with Crippen LogP contribution >= 0.6 is 15.9 Å². The lowest BCUT2D eigenvalue weighted by Gasteiger charge is -2.09. The fourth-order valence-corrected chi connectivity index (χ4v) is 3.45. The second-order valence-electron chi connectivity index (χ2n) is 6.35.